The molecule has 1 aromatic carbocycles. The summed E-state index contributed by atoms with van der Waals surface area (Å²) in [7, 11) is 0. The van der Waals surface area contributed by atoms with Crippen molar-refractivity contribution < 1.29 is 23.6 Å². The fourth-order valence-corrected chi connectivity index (χ4v) is 4.30. The number of nitrogens with zero attached hydrogens (tertiary/aromatic N) is 2. The number of likely N-dealkylation sites (tertiary alicyclic amines) is 1. The van der Waals surface area contributed by atoms with Crippen molar-refractivity contribution in [1.29, 1.82) is 0 Å². The first-order valence-electron chi connectivity index (χ1n) is 10.3. The molecule has 2 aromatic heterocycles. The molecule has 1 atom stereocenters. The van der Waals surface area contributed by atoms with E-state index in [1.165, 1.54) is 11.3 Å². The maximum Gasteiger partial charge on any atom is 0.310 e. The topological polar surface area (TPSA) is 102 Å². The van der Waals surface area contributed by atoms with Gasteiger partial charge in [0.2, 0.25) is 6.10 Å². The minimum absolute atomic E-state index is 0.0173. The molecule has 166 valence electrons. The van der Waals surface area contributed by atoms with Crippen LogP contribution in [-0.4, -0.2) is 40.9 Å². The maximum atomic E-state index is 12.9. The lowest BCUT2D eigenvalue weighted by atomic mass is 9.96. The Bertz CT molecular complexity index is 1070. The minimum Gasteiger partial charge on any atom is -0.447 e. The summed E-state index contributed by atoms with van der Waals surface area (Å²) in [5, 5.41) is 8.26. The summed E-state index contributed by atoms with van der Waals surface area (Å²) in [6.07, 6.45) is -0.144. The van der Waals surface area contributed by atoms with Gasteiger partial charge in [-0.1, -0.05) is 41.6 Å². The molecule has 8 nitrogen and oxygen atoms in total. The third-order valence-corrected chi connectivity index (χ3v) is 6.16. The van der Waals surface area contributed by atoms with Crippen LogP contribution in [0.1, 0.15) is 39.9 Å². The SMILES string of the molecule is Cc1cc(NC(=O)C(OC(=O)C2CCN(C(=O)c3cccs3)CC2)c2ccccc2)no1. The van der Waals surface area contributed by atoms with Gasteiger partial charge in [-0.05, 0) is 31.2 Å². The number of aryl methyl sites for hydroxylation is 1. The number of carbonyl (C=O) groups is 3. The summed E-state index contributed by atoms with van der Waals surface area (Å²) >= 11 is 1.40. The number of ether oxygens (including phenoxy) is 1. The van der Waals surface area contributed by atoms with Crippen LogP contribution in [0.15, 0.2) is 58.4 Å². The van der Waals surface area contributed by atoms with Gasteiger partial charge in [-0.25, -0.2) is 0 Å². The second-order valence-electron chi connectivity index (χ2n) is 7.58. The molecule has 0 saturated carbocycles. The molecule has 3 aromatic rings. The third-order valence-electron chi connectivity index (χ3n) is 5.30. The quantitative estimate of drug-likeness (QED) is 0.570. The summed E-state index contributed by atoms with van der Waals surface area (Å²) in [6, 6.07) is 14.1. The molecule has 2 amide bonds. The molecule has 0 aliphatic carbocycles. The van der Waals surface area contributed by atoms with Gasteiger partial charge in [0, 0.05) is 24.7 Å². The van der Waals surface area contributed by atoms with Gasteiger partial charge in [0.1, 0.15) is 5.76 Å². The van der Waals surface area contributed by atoms with Gasteiger partial charge in [-0.3, -0.25) is 14.4 Å². The average molecular weight is 454 g/mol. The molecule has 9 heteroatoms. The van der Waals surface area contributed by atoms with Gasteiger partial charge in [-0.15, -0.1) is 11.3 Å². The van der Waals surface area contributed by atoms with Crippen LogP contribution in [0.3, 0.4) is 0 Å². The smallest absolute Gasteiger partial charge is 0.310 e. The lowest BCUT2D eigenvalue weighted by Crippen LogP contribution is -2.41. The Morgan fingerprint density at radius 1 is 1.16 bits per heavy atom. The molecule has 4 rings (SSSR count). The Hall–Kier alpha value is -3.46. The Kier molecular flexibility index (Phi) is 6.65. The van der Waals surface area contributed by atoms with Crippen LogP contribution in [0.25, 0.3) is 0 Å². The summed E-state index contributed by atoms with van der Waals surface area (Å²) < 4.78 is 10.7. The number of benzene rings is 1. The first kappa shape index (κ1) is 21.8. The van der Waals surface area contributed by atoms with E-state index in [1.54, 1.807) is 48.2 Å². The highest BCUT2D eigenvalue weighted by Crippen LogP contribution is 2.26. The number of piperidine rings is 1. The monoisotopic (exact) mass is 453 g/mol. The molecule has 32 heavy (non-hydrogen) atoms. The predicted octanol–water partition coefficient (Wildman–Crippen LogP) is 3.82. The number of anilines is 1. The zero-order valence-corrected chi connectivity index (χ0v) is 18.3. The summed E-state index contributed by atoms with van der Waals surface area (Å²) in [4.78, 5) is 40.8. The van der Waals surface area contributed by atoms with Crippen LogP contribution in [-0.2, 0) is 14.3 Å². The molecular weight excluding hydrogens is 430 g/mol. The summed E-state index contributed by atoms with van der Waals surface area (Å²) in [5.74, 6) is -0.550. The molecule has 0 spiro atoms. The van der Waals surface area contributed by atoms with Gasteiger partial charge in [0.25, 0.3) is 11.8 Å². The van der Waals surface area contributed by atoms with Crippen LogP contribution in [0.2, 0.25) is 0 Å². The van der Waals surface area contributed by atoms with E-state index in [2.05, 4.69) is 10.5 Å². The Morgan fingerprint density at radius 3 is 2.53 bits per heavy atom. The lowest BCUT2D eigenvalue weighted by Gasteiger charge is -2.31. The number of thiophene rings is 1. The van der Waals surface area contributed by atoms with Gasteiger partial charge in [-0.2, -0.15) is 0 Å². The van der Waals surface area contributed by atoms with Crippen molar-refractivity contribution in [3.8, 4) is 0 Å². The molecular formula is C23H23N3O5S. The average Bonchev–Trinajstić information content (AvgIpc) is 3.49. The van der Waals surface area contributed by atoms with E-state index < -0.39 is 18.0 Å². The van der Waals surface area contributed by atoms with Crippen LogP contribution < -0.4 is 5.32 Å². The normalized spacial score (nSPS) is 15.2. The molecule has 1 unspecified atom stereocenters. The number of rotatable bonds is 6. The Morgan fingerprint density at radius 2 is 1.91 bits per heavy atom. The van der Waals surface area contributed by atoms with Crippen molar-refractivity contribution in [1.82, 2.24) is 10.1 Å². The van der Waals surface area contributed by atoms with Gasteiger partial charge in [0.15, 0.2) is 5.82 Å². The molecule has 1 fully saturated rings. The highest BCUT2D eigenvalue weighted by atomic mass is 32.1. The number of hydrogen-bond acceptors (Lipinski definition) is 7. The van der Waals surface area contributed by atoms with Gasteiger partial charge < -0.3 is 19.5 Å². The Balaban J connectivity index is 1.40. The predicted molar refractivity (Wildman–Crippen MR) is 118 cm³/mol. The fourth-order valence-electron chi connectivity index (χ4n) is 3.60. The maximum absolute atomic E-state index is 12.9. The second-order valence-corrected chi connectivity index (χ2v) is 8.53. The summed E-state index contributed by atoms with van der Waals surface area (Å²) in [5.41, 5.74) is 0.559. The van der Waals surface area contributed by atoms with Crippen molar-refractivity contribution in [2.75, 3.05) is 18.4 Å². The highest BCUT2D eigenvalue weighted by molar-refractivity contribution is 7.12. The van der Waals surface area contributed by atoms with Crippen LogP contribution >= 0.6 is 11.3 Å². The molecule has 1 aliphatic rings. The third kappa shape index (κ3) is 5.05. The standard InChI is InChI=1S/C23H23N3O5S/c1-15-14-19(25-31-15)24-21(27)20(16-6-3-2-4-7-16)30-23(29)17-9-11-26(12-10-17)22(28)18-8-5-13-32-18/h2-8,13-14,17,20H,9-12H2,1H3,(H,24,25,27). The molecule has 0 bridgehead atoms. The van der Waals surface area contributed by atoms with Crippen molar-refractivity contribution in [3.05, 3.63) is 70.1 Å². The number of carbonyl (C=O) groups excluding carboxylic acids is 3. The number of nitrogens with one attached hydrogen (secondary N) is 1. The van der Waals surface area contributed by atoms with Crippen molar-refractivity contribution in [2.45, 2.75) is 25.9 Å². The number of amides is 2. The largest absolute Gasteiger partial charge is 0.447 e. The second kappa shape index (κ2) is 9.78. The van der Waals surface area contributed by atoms with E-state index in [0.29, 0.717) is 42.1 Å². The van der Waals surface area contributed by atoms with E-state index in [0.717, 1.165) is 0 Å². The number of esters is 1. The molecule has 3 heterocycles. The summed E-state index contributed by atoms with van der Waals surface area (Å²) in [6.45, 7) is 2.65. The highest BCUT2D eigenvalue weighted by Gasteiger charge is 2.33. The van der Waals surface area contributed by atoms with Crippen LogP contribution in [0.5, 0.6) is 0 Å². The van der Waals surface area contributed by atoms with E-state index in [1.807, 2.05) is 17.5 Å². The van der Waals surface area contributed by atoms with Crippen molar-refractivity contribution in [2.24, 2.45) is 5.92 Å². The van der Waals surface area contributed by atoms with E-state index in [9.17, 15) is 14.4 Å². The van der Waals surface area contributed by atoms with Crippen LogP contribution in [0.4, 0.5) is 5.82 Å². The minimum atomic E-state index is -1.12. The van der Waals surface area contributed by atoms with Crippen LogP contribution in [0, 0.1) is 12.8 Å². The first-order valence-corrected chi connectivity index (χ1v) is 11.2. The van der Waals surface area contributed by atoms with Crippen molar-refractivity contribution >= 4 is 34.9 Å². The molecule has 0 radical (unpaired) electrons. The number of aromatic nitrogens is 1. The van der Waals surface area contributed by atoms with E-state index >= 15 is 0 Å². The first-order chi connectivity index (χ1) is 15.5. The molecule has 1 aliphatic heterocycles. The Labute approximate surface area is 189 Å². The van der Waals surface area contributed by atoms with Crippen molar-refractivity contribution in [3.63, 3.8) is 0 Å². The molecule has 1 saturated heterocycles. The lowest BCUT2D eigenvalue weighted by molar-refractivity contribution is -0.160. The van der Waals surface area contributed by atoms with E-state index in [-0.39, 0.29) is 17.6 Å². The number of hydrogen-bond donors (Lipinski definition) is 1. The van der Waals surface area contributed by atoms with Gasteiger partial charge >= 0.3 is 5.97 Å². The van der Waals surface area contributed by atoms with E-state index in [4.69, 9.17) is 9.26 Å². The molecule has 1 N–H and O–H groups in total. The zero-order valence-electron chi connectivity index (χ0n) is 17.5. The van der Waals surface area contributed by atoms with Gasteiger partial charge in [0.05, 0.1) is 10.8 Å². The zero-order chi connectivity index (χ0) is 22.5. The fraction of sp³-hybridized carbons (Fsp3) is 0.304.